The maximum Gasteiger partial charge on any atom is 0.217 e. The predicted octanol–water partition coefficient (Wildman–Crippen LogP) is 0.163. The Morgan fingerprint density at radius 2 is 1.91 bits per heavy atom. The number of amides is 1. The number of nitrogens with zero attached hydrogens (tertiary/aromatic N) is 1. The molecule has 0 fully saturated rings. The molecule has 64 valence electrons. The molecule has 4 heteroatoms. The molecule has 4 nitrogen and oxygen atoms in total. The van der Waals surface area contributed by atoms with Crippen LogP contribution in [-0.4, -0.2) is 16.6 Å². The van der Waals surface area contributed by atoms with E-state index in [0.717, 1.165) is 0 Å². The SMILES string of the molecule is CC(C)(O)C#N.CCC(N)=O. The zero-order valence-corrected chi connectivity index (χ0v) is 7.09. The van der Waals surface area contributed by atoms with Crippen LogP contribution in [0.3, 0.4) is 0 Å². The summed E-state index contributed by atoms with van der Waals surface area (Å²) in [5.74, 6) is -0.245. The van der Waals surface area contributed by atoms with Crippen molar-refractivity contribution in [1.82, 2.24) is 0 Å². The number of rotatable bonds is 1. The quantitative estimate of drug-likeness (QED) is 0.533. The first kappa shape index (κ1) is 12.6. The molecule has 0 aromatic carbocycles. The summed E-state index contributed by atoms with van der Waals surface area (Å²) in [6, 6.07) is 1.66. The minimum atomic E-state index is -1.15. The lowest BCUT2D eigenvalue weighted by Crippen LogP contribution is -2.13. The van der Waals surface area contributed by atoms with E-state index in [1.54, 1.807) is 13.0 Å². The highest BCUT2D eigenvalue weighted by atomic mass is 16.3. The van der Waals surface area contributed by atoms with E-state index in [1.165, 1.54) is 13.8 Å². The van der Waals surface area contributed by atoms with Crippen molar-refractivity contribution in [2.45, 2.75) is 32.8 Å². The summed E-state index contributed by atoms with van der Waals surface area (Å²) in [4.78, 5) is 9.59. The molecule has 0 spiro atoms. The first-order valence-electron chi connectivity index (χ1n) is 3.25. The van der Waals surface area contributed by atoms with Crippen molar-refractivity contribution >= 4 is 5.91 Å². The van der Waals surface area contributed by atoms with Crippen LogP contribution in [0.25, 0.3) is 0 Å². The molecule has 3 N–H and O–H groups in total. The Labute approximate surface area is 66.6 Å². The highest BCUT2D eigenvalue weighted by Crippen LogP contribution is 1.93. The topological polar surface area (TPSA) is 87.1 Å². The Hall–Kier alpha value is -1.08. The minimum absolute atomic E-state index is 0.245. The number of hydrogen-bond acceptors (Lipinski definition) is 3. The molecule has 0 aliphatic carbocycles. The molecule has 0 aromatic heterocycles. The van der Waals surface area contributed by atoms with Crippen molar-refractivity contribution in [3.8, 4) is 6.07 Å². The number of aliphatic hydroxyl groups is 1. The molecular formula is C7H14N2O2. The van der Waals surface area contributed by atoms with Gasteiger partial charge in [0.1, 0.15) is 5.60 Å². The van der Waals surface area contributed by atoms with Crippen molar-refractivity contribution in [3.63, 3.8) is 0 Å². The lowest BCUT2D eigenvalue weighted by molar-refractivity contribution is -0.117. The van der Waals surface area contributed by atoms with Crippen LogP contribution < -0.4 is 5.73 Å². The molecule has 0 saturated carbocycles. The van der Waals surface area contributed by atoms with Crippen molar-refractivity contribution in [1.29, 1.82) is 5.26 Å². The van der Waals surface area contributed by atoms with Gasteiger partial charge in [0.25, 0.3) is 0 Å². The maximum atomic E-state index is 9.59. The van der Waals surface area contributed by atoms with Crippen LogP contribution in [0, 0.1) is 11.3 Å². The first-order chi connectivity index (χ1) is 4.83. The number of nitrogens with two attached hydrogens (primary N) is 1. The van der Waals surface area contributed by atoms with Gasteiger partial charge in [0.05, 0.1) is 6.07 Å². The van der Waals surface area contributed by atoms with E-state index in [2.05, 4.69) is 5.73 Å². The Morgan fingerprint density at radius 3 is 1.91 bits per heavy atom. The van der Waals surface area contributed by atoms with E-state index < -0.39 is 5.60 Å². The zero-order valence-electron chi connectivity index (χ0n) is 7.09. The molecule has 0 aromatic rings. The zero-order chi connectivity index (χ0) is 9.49. The lowest BCUT2D eigenvalue weighted by Gasteiger charge is -2.00. The second kappa shape index (κ2) is 5.69. The van der Waals surface area contributed by atoms with E-state index in [9.17, 15) is 4.79 Å². The van der Waals surface area contributed by atoms with E-state index in [4.69, 9.17) is 10.4 Å². The molecule has 0 radical (unpaired) electrons. The van der Waals surface area contributed by atoms with Gasteiger partial charge in [0.2, 0.25) is 5.91 Å². The summed E-state index contributed by atoms with van der Waals surface area (Å²) in [7, 11) is 0. The highest BCUT2D eigenvalue weighted by Gasteiger charge is 2.07. The average molecular weight is 158 g/mol. The van der Waals surface area contributed by atoms with Gasteiger partial charge < -0.3 is 10.8 Å². The van der Waals surface area contributed by atoms with Crippen molar-refractivity contribution in [2.75, 3.05) is 0 Å². The molecule has 11 heavy (non-hydrogen) atoms. The van der Waals surface area contributed by atoms with Gasteiger partial charge in [-0.25, -0.2) is 0 Å². The van der Waals surface area contributed by atoms with Gasteiger partial charge in [-0.1, -0.05) is 6.92 Å². The third-order valence-corrected chi connectivity index (χ3v) is 0.622. The second-order valence-electron chi connectivity index (χ2n) is 2.49. The van der Waals surface area contributed by atoms with Crippen LogP contribution in [-0.2, 0) is 4.79 Å². The molecule has 0 rings (SSSR count). The number of carbonyl (C=O) groups is 1. The summed E-state index contributed by atoms with van der Waals surface area (Å²) < 4.78 is 0. The summed E-state index contributed by atoms with van der Waals surface area (Å²) in [6.45, 7) is 4.60. The highest BCUT2D eigenvalue weighted by molar-refractivity contribution is 5.73. The Morgan fingerprint density at radius 1 is 1.73 bits per heavy atom. The van der Waals surface area contributed by atoms with Crippen molar-refractivity contribution in [2.24, 2.45) is 5.73 Å². The number of primary amides is 1. The smallest absolute Gasteiger partial charge is 0.217 e. The number of nitriles is 1. The predicted molar refractivity (Wildman–Crippen MR) is 41.4 cm³/mol. The fourth-order valence-electron chi connectivity index (χ4n) is 0. The Balaban J connectivity index is 0. The van der Waals surface area contributed by atoms with Crippen LogP contribution in [0.1, 0.15) is 27.2 Å². The van der Waals surface area contributed by atoms with Crippen molar-refractivity contribution in [3.05, 3.63) is 0 Å². The van der Waals surface area contributed by atoms with Crippen LogP contribution >= 0.6 is 0 Å². The van der Waals surface area contributed by atoms with E-state index >= 15 is 0 Å². The normalized spacial score (nSPS) is 9.00. The van der Waals surface area contributed by atoms with Crippen LogP contribution in [0.15, 0.2) is 0 Å². The third-order valence-electron chi connectivity index (χ3n) is 0.622. The van der Waals surface area contributed by atoms with Crippen molar-refractivity contribution < 1.29 is 9.90 Å². The number of hydrogen-bond donors (Lipinski definition) is 2. The van der Waals surface area contributed by atoms with E-state index in [1.807, 2.05) is 0 Å². The fourth-order valence-corrected chi connectivity index (χ4v) is 0. The first-order valence-corrected chi connectivity index (χ1v) is 3.25. The van der Waals surface area contributed by atoms with Gasteiger partial charge in [-0.2, -0.15) is 5.26 Å². The summed E-state index contributed by atoms with van der Waals surface area (Å²) in [5, 5.41) is 16.4. The lowest BCUT2D eigenvalue weighted by atomic mass is 10.2. The van der Waals surface area contributed by atoms with Gasteiger partial charge in [-0.05, 0) is 13.8 Å². The molecule has 0 heterocycles. The monoisotopic (exact) mass is 158 g/mol. The molecule has 0 aliphatic heterocycles. The molecule has 0 atom stereocenters. The minimum Gasteiger partial charge on any atom is -0.376 e. The van der Waals surface area contributed by atoms with Gasteiger partial charge in [0.15, 0.2) is 0 Å². The summed E-state index contributed by atoms with van der Waals surface area (Å²) >= 11 is 0. The Bertz CT molecular complexity index is 153. The molecule has 0 saturated heterocycles. The van der Waals surface area contributed by atoms with E-state index in [0.29, 0.717) is 6.42 Å². The molecular weight excluding hydrogens is 144 g/mol. The molecule has 0 bridgehead atoms. The Kier molecular flexibility index (Phi) is 6.50. The molecule has 1 amide bonds. The van der Waals surface area contributed by atoms with Gasteiger partial charge in [-0.3, -0.25) is 4.79 Å². The number of carbonyl (C=O) groups excluding carboxylic acids is 1. The summed E-state index contributed by atoms with van der Waals surface area (Å²) in [6.07, 6.45) is 0.444. The second-order valence-corrected chi connectivity index (χ2v) is 2.49. The standard InChI is InChI=1S/C4H7NO.C3H7NO/c1-4(2,6)3-5;1-2-3(4)5/h6H,1-2H3;2H2,1H3,(H2,4,5). The molecule has 0 unspecified atom stereocenters. The third kappa shape index (κ3) is 27.8. The largest absolute Gasteiger partial charge is 0.376 e. The average Bonchev–Trinajstić information content (AvgIpc) is 1.88. The van der Waals surface area contributed by atoms with E-state index in [-0.39, 0.29) is 5.91 Å². The van der Waals surface area contributed by atoms with Gasteiger partial charge in [-0.15, -0.1) is 0 Å². The maximum absolute atomic E-state index is 9.59. The van der Waals surface area contributed by atoms with Crippen LogP contribution in [0.4, 0.5) is 0 Å². The van der Waals surface area contributed by atoms with Crippen LogP contribution in [0.5, 0.6) is 0 Å². The van der Waals surface area contributed by atoms with Gasteiger partial charge in [0, 0.05) is 6.42 Å². The summed E-state index contributed by atoms with van der Waals surface area (Å²) in [5.41, 5.74) is 3.50. The molecule has 0 aliphatic rings. The van der Waals surface area contributed by atoms with Crippen LogP contribution in [0.2, 0.25) is 0 Å². The van der Waals surface area contributed by atoms with Gasteiger partial charge >= 0.3 is 0 Å². The fraction of sp³-hybridized carbons (Fsp3) is 0.714.